The first-order valence-electron chi connectivity index (χ1n) is 5.51. The van der Waals surface area contributed by atoms with E-state index >= 15 is 0 Å². The summed E-state index contributed by atoms with van der Waals surface area (Å²) in [5, 5.41) is 12.0. The van der Waals surface area contributed by atoms with Crippen molar-refractivity contribution in [1.29, 1.82) is 0 Å². The minimum absolute atomic E-state index is 0.324. The van der Waals surface area contributed by atoms with Crippen molar-refractivity contribution in [3.8, 4) is 5.75 Å². The van der Waals surface area contributed by atoms with E-state index in [2.05, 4.69) is 29.7 Å². The fourth-order valence-corrected chi connectivity index (χ4v) is 2.38. The van der Waals surface area contributed by atoms with E-state index in [0.717, 1.165) is 12.1 Å². The van der Waals surface area contributed by atoms with Gasteiger partial charge in [0.15, 0.2) is 0 Å². The number of fused-ring (bicyclic) bond motifs is 3. The number of phenols is 1. The highest BCUT2D eigenvalue weighted by molar-refractivity contribution is 6.08. The van der Waals surface area contributed by atoms with Gasteiger partial charge in [0.05, 0.1) is 5.52 Å². The molecule has 0 saturated carbocycles. The summed E-state index contributed by atoms with van der Waals surface area (Å²) in [6.07, 6.45) is 0. The summed E-state index contributed by atoms with van der Waals surface area (Å²) in [5.74, 6) is 0.324. The Balaban J connectivity index is 2.58. The zero-order valence-corrected chi connectivity index (χ0v) is 9.14. The van der Waals surface area contributed by atoms with Crippen molar-refractivity contribution in [2.75, 3.05) is 0 Å². The average Bonchev–Trinajstić information content (AvgIpc) is 2.61. The van der Waals surface area contributed by atoms with Crippen molar-refractivity contribution in [3.05, 3.63) is 42.5 Å². The predicted molar refractivity (Wildman–Crippen MR) is 66.8 cm³/mol. The maximum atomic E-state index is 9.56. The van der Waals surface area contributed by atoms with Gasteiger partial charge in [-0.05, 0) is 25.1 Å². The molecule has 1 N–H and O–H groups in total. The van der Waals surface area contributed by atoms with Crippen molar-refractivity contribution in [1.82, 2.24) is 4.57 Å². The quantitative estimate of drug-likeness (QED) is 0.654. The van der Waals surface area contributed by atoms with Crippen LogP contribution in [0.1, 0.15) is 6.92 Å². The molecule has 0 bridgehead atoms. The number of benzene rings is 2. The van der Waals surface area contributed by atoms with Gasteiger partial charge >= 0.3 is 0 Å². The van der Waals surface area contributed by atoms with Crippen molar-refractivity contribution in [2.45, 2.75) is 13.5 Å². The topological polar surface area (TPSA) is 25.2 Å². The van der Waals surface area contributed by atoms with Crippen molar-refractivity contribution >= 4 is 21.8 Å². The Bertz CT molecular complexity index is 667. The molecule has 0 aliphatic heterocycles. The summed E-state index contributed by atoms with van der Waals surface area (Å²) in [4.78, 5) is 0. The minimum Gasteiger partial charge on any atom is -0.508 e. The summed E-state index contributed by atoms with van der Waals surface area (Å²) in [5.41, 5.74) is 2.33. The summed E-state index contributed by atoms with van der Waals surface area (Å²) < 4.78 is 2.23. The maximum Gasteiger partial charge on any atom is 0.117 e. The molecule has 0 spiro atoms. The van der Waals surface area contributed by atoms with Crippen LogP contribution in [0.4, 0.5) is 0 Å². The summed E-state index contributed by atoms with van der Waals surface area (Å²) in [6.45, 7) is 3.03. The van der Waals surface area contributed by atoms with Crippen molar-refractivity contribution < 1.29 is 5.11 Å². The molecule has 3 rings (SSSR count). The van der Waals surface area contributed by atoms with Gasteiger partial charge in [-0.2, -0.15) is 0 Å². The normalized spacial score (nSPS) is 11.3. The molecule has 80 valence electrons. The molecule has 3 aromatic rings. The monoisotopic (exact) mass is 211 g/mol. The van der Waals surface area contributed by atoms with E-state index in [9.17, 15) is 5.11 Å². The van der Waals surface area contributed by atoms with E-state index in [1.54, 1.807) is 6.07 Å². The Morgan fingerprint density at radius 2 is 1.75 bits per heavy atom. The highest BCUT2D eigenvalue weighted by Gasteiger charge is 2.08. The van der Waals surface area contributed by atoms with E-state index in [-0.39, 0.29) is 0 Å². The lowest BCUT2D eigenvalue weighted by molar-refractivity contribution is 0.476. The number of nitrogens with zero attached hydrogens (tertiary/aromatic N) is 1. The fourth-order valence-electron chi connectivity index (χ4n) is 2.38. The largest absolute Gasteiger partial charge is 0.508 e. The SMILES string of the molecule is CCn1c2ccccc2c2ccc(O)cc21. The molecular formula is C14H13NO. The lowest BCUT2D eigenvalue weighted by Crippen LogP contribution is -1.92. The van der Waals surface area contributed by atoms with Crippen LogP contribution in [0.3, 0.4) is 0 Å². The molecule has 0 saturated heterocycles. The first-order chi connectivity index (χ1) is 7.81. The van der Waals surface area contributed by atoms with Gasteiger partial charge < -0.3 is 9.67 Å². The molecule has 16 heavy (non-hydrogen) atoms. The molecule has 0 radical (unpaired) electrons. The highest BCUT2D eigenvalue weighted by Crippen LogP contribution is 2.30. The molecule has 1 heterocycles. The van der Waals surface area contributed by atoms with E-state index in [4.69, 9.17) is 0 Å². The van der Waals surface area contributed by atoms with Gasteiger partial charge in [-0.1, -0.05) is 18.2 Å². The second kappa shape index (κ2) is 3.27. The standard InChI is InChI=1S/C14H13NO/c1-2-15-13-6-4-3-5-11(13)12-8-7-10(16)9-14(12)15/h3-9,16H,2H2,1H3. The Morgan fingerprint density at radius 1 is 1.00 bits per heavy atom. The maximum absolute atomic E-state index is 9.56. The van der Waals surface area contributed by atoms with Gasteiger partial charge in [0.2, 0.25) is 0 Å². The second-order valence-electron chi connectivity index (χ2n) is 3.96. The Hall–Kier alpha value is -1.96. The van der Waals surface area contributed by atoms with Crippen molar-refractivity contribution in [3.63, 3.8) is 0 Å². The van der Waals surface area contributed by atoms with Crippen LogP contribution in [0.2, 0.25) is 0 Å². The third-order valence-corrected chi connectivity index (χ3v) is 3.07. The van der Waals surface area contributed by atoms with Gasteiger partial charge in [0, 0.05) is 28.9 Å². The molecule has 0 atom stereocenters. The van der Waals surface area contributed by atoms with E-state index in [1.165, 1.54) is 16.3 Å². The first-order valence-corrected chi connectivity index (χ1v) is 5.51. The molecule has 2 heteroatoms. The Labute approximate surface area is 93.7 Å². The average molecular weight is 211 g/mol. The minimum atomic E-state index is 0.324. The summed E-state index contributed by atoms with van der Waals surface area (Å²) >= 11 is 0. The lowest BCUT2D eigenvalue weighted by atomic mass is 10.1. The van der Waals surface area contributed by atoms with E-state index < -0.39 is 0 Å². The zero-order chi connectivity index (χ0) is 11.1. The van der Waals surface area contributed by atoms with Crippen LogP contribution < -0.4 is 0 Å². The Kier molecular flexibility index (Phi) is 1.90. The van der Waals surface area contributed by atoms with Gasteiger partial charge in [-0.25, -0.2) is 0 Å². The zero-order valence-electron chi connectivity index (χ0n) is 9.14. The number of hydrogen-bond acceptors (Lipinski definition) is 1. The van der Waals surface area contributed by atoms with Crippen LogP contribution in [-0.2, 0) is 6.54 Å². The summed E-state index contributed by atoms with van der Waals surface area (Å²) in [7, 11) is 0. The number of aryl methyl sites for hydroxylation is 1. The molecule has 0 fully saturated rings. The fraction of sp³-hybridized carbons (Fsp3) is 0.143. The number of phenolic OH excluding ortho intramolecular Hbond substituents is 1. The molecule has 0 aliphatic rings. The van der Waals surface area contributed by atoms with Crippen LogP contribution in [-0.4, -0.2) is 9.67 Å². The number of hydrogen-bond donors (Lipinski definition) is 1. The molecule has 0 aliphatic carbocycles. The van der Waals surface area contributed by atoms with Crippen molar-refractivity contribution in [2.24, 2.45) is 0 Å². The molecule has 0 unspecified atom stereocenters. The molecule has 2 aromatic carbocycles. The first kappa shape index (κ1) is 9.28. The summed E-state index contributed by atoms with van der Waals surface area (Å²) in [6, 6.07) is 13.9. The van der Waals surface area contributed by atoms with Gasteiger partial charge in [-0.3, -0.25) is 0 Å². The lowest BCUT2D eigenvalue weighted by Gasteiger charge is -2.02. The van der Waals surface area contributed by atoms with Crippen LogP contribution in [0.25, 0.3) is 21.8 Å². The second-order valence-corrected chi connectivity index (χ2v) is 3.96. The van der Waals surface area contributed by atoms with Crippen LogP contribution in [0.5, 0.6) is 5.75 Å². The third kappa shape index (κ3) is 1.13. The smallest absolute Gasteiger partial charge is 0.117 e. The van der Waals surface area contributed by atoms with Gasteiger partial charge in [0.25, 0.3) is 0 Å². The number of para-hydroxylation sites is 1. The van der Waals surface area contributed by atoms with E-state index in [1.807, 2.05) is 18.2 Å². The number of rotatable bonds is 1. The van der Waals surface area contributed by atoms with Crippen LogP contribution >= 0.6 is 0 Å². The predicted octanol–water partition coefficient (Wildman–Crippen LogP) is 3.52. The van der Waals surface area contributed by atoms with Gasteiger partial charge in [0.1, 0.15) is 5.75 Å². The van der Waals surface area contributed by atoms with Crippen LogP contribution in [0, 0.1) is 0 Å². The molecule has 1 aromatic heterocycles. The molecule has 0 amide bonds. The number of aromatic hydroxyl groups is 1. The number of aromatic nitrogens is 1. The Morgan fingerprint density at radius 3 is 2.56 bits per heavy atom. The molecular weight excluding hydrogens is 198 g/mol. The van der Waals surface area contributed by atoms with Crippen LogP contribution in [0.15, 0.2) is 42.5 Å². The third-order valence-electron chi connectivity index (χ3n) is 3.07. The highest BCUT2D eigenvalue weighted by atomic mass is 16.3. The van der Waals surface area contributed by atoms with E-state index in [0.29, 0.717) is 5.75 Å². The molecule has 2 nitrogen and oxygen atoms in total. The van der Waals surface area contributed by atoms with Gasteiger partial charge in [-0.15, -0.1) is 0 Å².